The second-order valence-electron chi connectivity index (χ2n) is 8.94. The van der Waals surface area contributed by atoms with Gasteiger partial charge in [-0.25, -0.2) is 9.37 Å². The molecule has 3 heterocycles. The Morgan fingerprint density at radius 3 is 2.76 bits per heavy atom. The Kier molecular flexibility index (Phi) is 6.60. The summed E-state index contributed by atoms with van der Waals surface area (Å²) in [5, 5.41) is 3.18. The van der Waals surface area contributed by atoms with E-state index in [4.69, 9.17) is 9.47 Å². The highest BCUT2D eigenvalue weighted by molar-refractivity contribution is 5.92. The largest absolute Gasteiger partial charge is 0.488 e. The Labute approximate surface area is 198 Å². The zero-order chi connectivity index (χ0) is 23.5. The summed E-state index contributed by atoms with van der Waals surface area (Å²) in [5.74, 6) is 0.297. The number of carbonyl (C=O) groups excluding carboxylic acids is 1. The molecule has 1 amide bonds. The molecule has 0 atom stereocenters. The van der Waals surface area contributed by atoms with Crippen LogP contribution in [0.3, 0.4) is 0 Å². The SMILES string of the molecule is Cn1cnc(C(=O)N(Cc2ccc(F)c(-c3cccc(OC4CNC4)c3)c2)C2CCOCC2)c1. The van der Waals surface area contributed by atoms with Crippen LogP contribution >= 0.6 is 0 Å². The van der Waals surface area contributed by atoms with Crippen LogP contribution < -0.4 is 10.1 Å². The Hall–Kier alpha value is -3.23. The molecule has 2 aromatic carbocycles. The smallest absolute Gasteiger partial charge is 0.274 e. The van der Waals surface area contributed by atoms with Gasteiger partial charge in [0.2, 0.25) is 0 Å². The van der Waals surface area contributed by atoms with E-state index in [0.717, 1.165) is 42.8 Å². The van der Waals surface area contributed by atoms with Gasteiger partial charge in [0.15, 0.2) is 0 Å². The number of imidazole rings is 1. The first-order chi connectivity index (χ1) is 16.6. The molecule has 0 radical (unpaired) electrons. The predicted molar refractivity (Wildman–Crippen MR) is 126 cm³/mol. The van der Waals surface area contributed by atoms with Crippen molar-refractivity contribution in [3.8, 4) is 16.9 Å². The molecule has 0 spiro atoms. The van der Waals surface area contributed by atoms with Crippen LogP contribution in [-0.2, 0) is 18.3 Å². The van der Waals surface area contributed by atoms with Crippen LogP contribution in [0.1, 0.15) is 28.9 Å². The molecule has 5 rings (SSSR count). The third kappa shape index (κ3) is 4.98. The summed E-state index contributed by atoms with van der Waals surface area (Å²) < 4.78 is 28.1. The van der Waals surface area contributed by atoms with Crippen molar-refractivity contribution in [2.45, 2.75) is 31.5 Å². The molecule has 0 aliphatic carbocycles. The van der Waals surface area contributed by atoms with Gasteiger partial charge in [-0.1, -0.05) is 18.2 Å². The summed E-state index contributed by atoms with van der Waals surface area (Å²) in [5.41, 5.74) is 2.51. The minimum atomic E-state index is -0.306. The number of ether oxygens (including phenoxy) is 2. The Balaban J connectivity index is 1.41. The molecule has 2 fully saturated rings. The average Bonchev–Trinajstić information content (AvgIpc) is 3.27. The molecule has 0 saturated carbocycles. The lowest BCUT2D eigenvalue weighted by molar-refractivity contribution is 0.0264. The van der Waals surface area contributed by atoms with Gasteiger partial charge in [0.05, 0.1) is 6.33 Å². The molecule has 7 nitrogen and oxygen atoms in total. The number of amides is 1. The van der Waals surface area contributed by atoms with E-state index in [1.165, 1.54) is 6.07 Å². The van der Waals surface area contributed by atoms with Crippen LogP contribution in [0, 0.1) is 5.82 Å². The van der Waals surface area contributed by atoms with Crippen LogP contribution in [0.25, 0.3) is 11.1 Å². The lowest BCUT2D eigenvalue weighted by Crippen LogP contribution is -2.50. The number of hydrogen-bond acceptors (Lipinski definition) is 5. The van der Waals surface area contributed by atoms with E-state index >= 15 is 0 Å². The highest BCUT2D eigenvalue weighted by Crippen LogP contribution is 2.29. The third-order valence-corrected chi connectivity index (χ3v) is 6.39. The lowest BCUT2D eigenvalue weighted by atomic mass is 10.0. The van der Waals surface area contributed by atoms with Crippen LogP contribution in [-0.4, -0.2) is 58.8 Å². The van der Waals surface area contributed by atoms with Gasteiger partial charge in [0.1, 0.15) is 23.4 Å². The van der Waals surface area contributed by atoms with Crippen LogP contribution in [0.4, 0.5) is 4.39 Å². The zero-order valence-corrected chi connectivity index (χ0v) is 19.2. The number of hydrogen-bond donors (Lipinski definition) is 1. The molecule has 0 unspecified atom stereocenters. The summed E-state index contributed by atoms with van der Waals surface area (Å²) in [6.45, 7) is 3.25. The third-order valence-electron chi connectivity index (χ3n) is 6.39. The average molecular weight is 465 g/mol. The molecule has 0 bridgehead atoms. The van der Waals surface area contributed by atoms with Gasteiger partial charge < -0.3 is 24.3 Å². The molecule has 8 heteroatoms. The van der Waals surface area contributed by atoms with Gasteiger partial charge in [-0.05, 0) is 48.2 Å². The van der Waals surface area contributed by atoms with Crippen molar-refractivity contribution in [2.24, 2.45) is 7.05 Å². The van der Waals surface area contributed by atoms with Gasteiger partial charge in [0, 0.05) is 57.7 Å². The number of aromatic nitrogens is 2. The number of nitrogens with one attached hydrogen (secondary N) is 1. The zero-order valence-electron chi connectivity index (χ0n) is 19.2. The van der Waals surface area contributed by atoms with Crippen molar-refractivity contribution < 1.29 is 18.7 Å². The number of benzene rings is 2. The van der Waals surface area contributed by atoms with Crippen molar-refractivity contribution in [1.29, 1.82) is 0 Å². The van der Waals surface area contributed by atoms with E-state index in [1.54, 1.807) is 23.2 Å². The van der Waals surface area contributed by atoms with Crippen molar-refractivity contribution in [2.75, 3.05) is 26.3 Å². The highest BCUT2D eigenvalue weighted by Gasteiger charge is 2.28. The number of aryl methyl sites for hydroxylation is 1. The van der Waals surface area contributed by atoms with Crippen LogP contribution in [0.15, 0.2) is 55.0 Å². The Morgan fingerprint density at radius 2 is 2.06 bits per heavy atom. The minimum Gasteiger partial charge on any atom is -0.488 e. The number of halogens is 1. The van der Waals surface area contributed by atoms with Crippen molar-refractivity contribution >= 4 is 5.91 Å². The fraction of sp³-hybridized carbons (Fsp3) is 0.385. The first kappa shape index (κ1) is 22.6. The maximum atomic E-state index is 14.9. The fourth-order valence-electron chi connectivity index (χ4n) is 4.40. The number of rotatable bonds is 7. The maximum Gasteiger partial charge on any atom is 0.274 e. The van der Waals surface area contributed by atoms with Crippen LogP contribution in [0.2, 0.25) is 0 Å². The number of nitrogens with zero attached hydrogens (tertiary/aromatic N) is 3. The predicted octanol–water partition coefficient (Wildman–Crippen LogP) is 3.40. The molecule has 2 aliphatic rings. The molecule has 2 saturated heterocycles. The van der Waals surface area contributed by atoms with E-state index in [9.17, 15) is 9.18 Å². The Morgan fingerprint density at radius 1 is 1.24 bits per heavy atom. The van der Waals surface area contributed by atoms with Crippen molar-refractivity contribution in [3.63, 3.8) is 0 Å². The van der Waals surface area contributed by atoms with Crippen LogP contribution in [0.5, 0.6) is 5.75 Å². The Bertz CT molecular complexity index is 1150. The summed E-state index contributed by atoms with van der Waals surface area (Å²) >= 11 is 0. The molecule has 34 heavy (non-hydrogen) atoms. The fourth-order valence-corrected chi connectivity index (χ4v) is 4.40. The summed E-state index contributed by atoms with van der Waals surface area (Å²) in [6, 6.07) is 12.6. The van der Waals surface area contributed by atoms with E-state index in [2.05, 4.69) is 10.3 Å². The van der Waals surface area contributed by atoms with Crippen molar-refractivity contribution in [3.05, 3.63) is 72.1 Å². The highest BCUT2D eigenvalue weighted by atomic mass is 19.1. The second-order valence-corrected chi connectivity index (χ2v) is 8.94. The van der Waals surface area contributed by atoms with Gasteiger partial charge in [0.25, 0.3) is 5.91 Å². The number of carbonyl (C=O) groups is 1. The monoisotopic (exact) mass is 464 g/mol. The molecular weight excluding hydrogens is 435 g/mol. The topological polar surface area (TPSA) is 68.6 Å². The molecule has 1 N–H and O–H groups in total. The first-order valence-electron chi connectivity index (χ1n) is 11.7. The van der Waals surface area contributed by atoms with E-state index < -0.39 is 0 Å². The van der Waals surface area contributed by atoms with Gasteiger partial charge in [-0.2, -0.15) is 0 Å². The quantitative estimate of drug-likeness (QED) is 0.581. The summed E-state index contributed by atoms with van der Waals surface area (Å²) in [6.07, 6.45) is 5.04. The van der Waals surface area contributed by atoms with Crippen molar-refractivity contribution in [1.82, 2.24) is 19.8 Å². The van der Waals surface area contributed by atoms with Gasteiger partial charge >= 0.3 is 0 Å². The van der Waals surface area contributed by atoms with E-state index in [-0.39, 0.29) is 23.9 Å². The lowest BCUT2D eigenvalue weighted by Gasteiger charge is -2.34. The molecule has 1 aromatic heterocycles. The molecule has 3 aromatic rings. The first-order valence-corrected chi connectivity index (χ1v) is 11.7. The molecule has 178 valence electrons. The van der Waals surface area contributed by atoms with Gasteiger partial charge in [-0.3, -0.25) is 4.79 Å². The summed E-state index contributed by atoms with van der Waals surface area (Å²) in [4.78, 5) is 19.5. The summed E-state index contributed by atoms with van der Waals surface area (Å²) in [7, 11) is 1.84. The minimum absolute atomic E-state index is 0.0459. The normalized spacial score (nSPS) is 16.8. The standard InChI is InChI=1S/C26H29FN4O3/c1-30-16-25(29-17-30)26(32)31(20-7-9-33-10-8-20)15-18-5-6-24(27)23(11-18)19-3-2-4-21(12-19)34-22-13-28-14-22/h2-6,11-12,16-17,20,22,28H,7-10,13-15H2,1H3. The van der Waals surface area contributed by atoms with E-state index in [0.29, 0.717) is 31.0 Å². The molecular formula is C26H29FN4O3. The van der Waals surface area contributed by atoms with Gasteiger partial charge in [-0.15, -0.1) is 0 Å². The molecule has 2 aliphatic heterocycles. The maximum absolute atomic E-state index is 14.9. The van der Waals surface area contributed by atoms with E-state index in [1.807, 2.05) is 42.3 Å². The second kappa shape index (κ2) is 9.95.